The van der Waals surface area contributed by atoms with E-state index in [4.69, 9.17) is 16.3 Å². The van der Waals surface area contributed by atoms with E-state index in [1.807, 2.05) is 36.4 Å². The Morgan fingerprint density at radius 1 is 1.15 bits per heavy atom. The number of halogens is 2. The molecule has 2 atom stereocenters. The van der Waals surface area contributed by atoms with Crippen molar-refractivity contribution in [3.8, 4) is 0 Å². The maximum Gasteiger partial charge on any atom is 0.410 e. The fourth-order valence-corrected chi connectivity index (χ4v) is 4.18. The second-order valence-electron chi connectivity index (χ2n) is 6.74. The van der Waals surface area contributed by atoms with Crippen LogP contribution in [0.15, 0.2) is 54.6 Å². The molecular formula is C21H19ClFNO2. The summed E-state index contributed by atoms with van der Waals surface area (Å²) in [5.74, 6) is -0.316. The fourth-order valence-electron chi connectivity index (χ4n) is 3.90. The maximum atomic E-state index is 14.2. The van der Waals surface area contributed by atoms with Gasteiger partial charge in [0, 0.05) is 11.6 Å². The Morgan fingerprint density at radius 2 is 1.96 bits per heavy atom. The molecule has 1 amide bonds. The number of nitrogens with zero attached hydrogens (tertiary/aromatic N) is 1. The maximum absolute atomic E-state index is 14.2. The van der Waals surface area contributed by atoms with E-state index in [0.717, 1.165) is 24.0 Å². The van der Waals surface area contributed by atoms with Crippen LogP contribution in [0.3, 0.4) is 0 Å². The molecular weight excluding hydrogens is 353 g/mol. The smallest absolute Gasteiger partial charge is 0.410 e. The Hall–Kier alpha value is -2.33. The number of benzene rings is 2. The summed E-state index contributed by atoms with van der Waals surface area (Å²) < 4.78 is 19.7. The van der Waals surface area contributed by atoms with Gasteiger partial charge in [0.1, 0.15) is 12.4 Å². The van der Waals surface area contributed by atoms with Crippen LogP contribution in [0.4, 0.5) is 9.18 Å². The van der Waals surface area contributed by atoms with Crippen molar-refractivity contribution in [2.45, 2.75) is 38.0 Å². The molecule has 1 saturated heterocycles. The van der Waals surface area contributed by atoms with Crippen LogP contribution in [0.5, 0.6) is 0 Å². The molecule has 0 aliphatic carbocycles. The van der Waals surface area contributed by atoms with Crippen LogP contribution < -0.4 is 0 Å². The topological polar surface area (TPSA) is 29.5 Å². The SMILES string of the molecule is O=C(OCc1ccccc1)N1C2C=C(c3c(F)cccc3Cl)CC1CC2. The molecule has 2 unspecified atom stereocenters. The molecule has 2 aliphatic rings. The third-order valence-corrected chi connectivity index (χ3v) is 5.41. The lowest BCUT2D eigenvalue weighted by Gasteiger charge is -2.33. The number of carbonyl (C=O) groups excluding carboxylic acids is 1. The van der Waals surface area contributed by atoms with Crippen molar-refractivity contribution in [1.29, 1.82) is 0 Å². The molecule has 0 saturated carbocycles. The summed E-state index contributed by atoms with van der Waals surface area (Å²) in [5.41, 5.74) is 2.30. The molecule has 26 heavy (non-hydrogen) atoms. The van der Waals surface area contributed by atoms with Gasteiger partial charge in [-0.15, -0.1) is 0 Å². The van der Waals surface area contributed by atoms with Gasteiger partial charge in [-0.25, -0.2) is 9.18 Å². The highest BCUT2D eigenvalue weighted by molar-refractivity contribution is 6.32. The molecule has 0 radical (unpaired) electrons. The summed E-state index contributed by atoms with van der Waals surface area (Å²) in [5, 5.41) is 0.413. The quantitative estimate of drug-likeness (QED) is 0.719. The molecule has 2 heterocycles. The second-order valence-corrected chi connectivity index (χ2v) is 7.15. The van der Waals surface area contributed by atoms with Crippen molar-refractivity contribution in [1.82, 2.24) is 4.90 Å². The second kappa shape index (κ2) is 7.12. The minimum Gasteiger partial charge on any atom is -0.445 e. The first-order chi connectivity index (χ1) is 12.6. The van der Waals surface area contributed by atoms with Crippen LogP contribution in [0.25, 0.3) is 5.57 Å². The lowest BCUT2D eigenvalue weighted by Crippen LogP contribution is -2.43. The Morgan fingerprint density at radius 3 is 2.69 bits per heavy atom. The Labute approximate surface area is 157 Å². The van der Waals surface area contributed by atoms with Gasteiger partial charge in [-0.3, -0.25) is 4.90 Å². The minimum atomic E-state index is -0.316. The van der Waals surface area contributed by atoms with Crippen LogP contribution in [0, 0.1) is 5.82 Å². The van der Waals surface area contributed by atoms with Gasteiger partial charge in [-0.1, -0.05) is 54.1 Å². The standard InChI is InChI=1S/C21H19ClFNO2/c22-18-7-4-8-19(23)20(18)15-11-16-9-10-17(12-15)24(16)21(25)26-13-14-5-2-1-3-6-14/h1-8,11,16-17H,9-10,12-13H2. The molecule has 4 rings (SSSR count). The van der Waals surface area contributed by atoms with Crippen molar-refractivity contribution in [2.24, 2.45) is 0 Å². The highest BCUT2D eigenvalue weighted by atomic mass is 35.5. The van der Waals surface area contributed by atoms with Gasteiger partial charge in [-0.05, 0) is 42.5 Å². The third kappa shape index (κ3) is 3.21. The van der Waals surface area contributed by atoms with E-state index in [0.29, 0.717) is 17.0 Å². The highest BCUT2D eigenvalue weighted by Gasteiger charge is 2.41. The Balaban J connectivity index is 1.51. The number of hydrogen-bond donors (Lipinski definition) is 0. The largest absolute Gasteiger partial charge is 0.445 e. The molecule has 0 N–H and O–H groups in total. The number of rotatable bonds is 3. The Bertz CT molecular complexity index is 832. The van der Waals surface area contributed by atoms with Gasteiger partial charge in [0.15, 0.2) is 0 Å². The van der Waals surface area contributed by atoms with Crippen LogP contribution in [-0.4, -0.2) is 23.1 Å². The molecule has 0 aromatic heterocycles. The lowest BCUT2D eigenvalue weighted by atomic mass is 9.94. The average molecular weight is 372 g/mol. The van der Waals surface area contributed by atoms with E-state index < -0.39 is 0 Å². The average Bonchev–Trinajstić information content (AvgIpc) is 2.91. The monoisotopic (exact) mass is 371 g/mol. The molecule has 2 aromatic carbocycles. The van der Waals surface area contributed by atoms with Crippen LogP contribution in [0.1, 0.15) is 30.4 Å². The lowest BCUT2D eigenvalue weighted by molar-refractivity contribution is 0.0832. The van der Waals surface area contributed by atoms with Crippen molar-refractivity contribution < 1.29 is 13.9 Å². The summed E-state index contributed by atoms with van der Waals surface area (Å²) in [6.07, 6.45) is 4.00. The first-order valence-corrected chi connectivity index (χ1v) is 9.15. The van der Waals surface area contributed by atoms with Crippen molar-refractivity contribution >= 4 is 23.3 Å². The van der Waals surface area contributed by atoms with Gasteiger partial charge in [0.25, 0.3) is 0 Å². The van der Waals surface area contributed by atoms with E-state index in [9.17, 15) is 9.18 Å². The molecule has 5 heteroatoms. The van der Waals surface area contributed by atoms with Crippen molar-refractivity contribution in [3.05, 3.63) is 76.6 Å². The van der Waals surface area contributed by atoms with Gasteiger partial charge in [0.05, 0.1) is 11.1 Å². The van der Waals surface area contributed by atoms with E-state index in [1.54, 1.807) is 17.0 Å². The number of hydrogen-bond acceptors (Lipinski definition) is 2. The first-order valence-electron chi connectivity index (χ1n) is 8.77. The van der Waals surface area contributed by atoms with Gasteiger partial charge in [0.2, 0.25) is 0 Å². The Kier molecular flexibility index (Phi) is 4.68. The van der Waals surface area contributed by atoms with Gasteiger partial charge < -0.3 is 4.74 Å². The van der Waals surface area contributed by atoms with Crippen LogP contribution in [-0.2, 0) is 11.3 Å². The summed E-state index contributed by atoms with van der Waals surface area (Å²) in [7, 11) is 0. The molecule has 3 nitrogen and oxygen atoms in total. The highest BCUT2D eigenvalue weighted by Crippen LogP contribution is 2.41. The summed E-state index contributed by atoms with van der Waals surface area (Å²) in [6, 6.07) is 14.3. The molecule has 2 aliphatic heterocycles. The zero-order valence-corrected chi connectivity index (χ0v) is 15.0. The summed E-state index contributed by atoms with van der Waals surface area (Å²) >= 11 is 6.21. The van der Waals surface area contributed by atoms with Gasteiger partial charge >= 0.3 is 6.09 Å². The molecule has 0 spiro atoms. The minimum absolute atomic E-state index is 0.0268. The molecule has 2 aromatic rings. The predicted octanol–water partition coefficient (Wildman–Crippen LogP) is 5.44. The van der Waals surface area contributed by atoms with Crippen LogP contribution in [0.2, 0.25) is 5.02 Å². The van der Waals surface area contributed by atoms with E-state index in [1.165, 1.54) is 6.07 Å². The van der Waals surface area contributed by atoms with E-state index in [2.05, 4.69) is 0 Å². The zero-order valence-electron chi connectivity index (χ0n) is 14.2. The number of carbonyl (C=O) groups is 1. The van der Waals surface area contributed by atoms with Gasteiger partial charge in [-0.2, -0.15) is 0 Å². The number of ether oxygens (including phenoxy) is 1. The van der Waals surface area contributed by atoms with Crippen molar-refractivity contribution in [3.63, 3.8) is 0 Å². The zero-order chi connectivity index (χ0) is 18.1. The van der Waals surface area contributed by atoms with E-state index >= 15 is 0 Å². The first kappa shape index (κ1) is 17.1. The fraction of sp³-hybridized carbons (Fsp3) is 0.286. The van der Waals surface area contributed by atoms with Crippen LogP contribution >= 0.6 is 11.6 Å². The summed E-state index contributed by atoms with van der Waals surface area (Å²) in [6.45, 7) is 0.255. The predicted molar refractivity (Wildman–Crippen MR) is 99.3 cm³/mol. The number of fused-ring (bicyclic) bond motifs is 2. The molecule has 2 bridgehead atoms. The van der Waals surface area contributed by atoms with E-state index in [-0.39, 0.29) is 30.6 Å². The molecule has 1 fully saturated rings. The summed E-state index contributed by atoms with van der Waals surface area (Å²) in [4.78, 5) is 14.4. The molecule has 134 valence electrons. The number of amides is 1. The third-order valence-electron chi connectivity index (χ3n) is 5.10. The van der Waals surface area contributed by atoms with Crippen molar-refractivity contribution in [2.75, 3.05) is 0 Å². The normalized spacial score (nSPS) is 21.5.